The van der Waals surface area contributed by atoms with Crippen molar-refractivity contribution in [2.75, 3.05) is 0 Å². The van der Waals surface area contributed by atoms with Crippen molar-refractivity contribution in [1.29, 1.82) is 0 Å². The van der Waals surface area contributed by atoms with E-state index in [2.05, 4.69) is 13.8 Å². The van der Waals surface area contributed by atoms with Gasteiger partial charge in [-0.15, -0.1) is 0 Å². The van der Waals surface area contributed by atoms with E-state index < -0.39 is 6.00 Å². The lowest BCUT2D eigenvalue weighted by Gasteiger charge is -2.59. The zero-order valence-electron chi connectivity index (χ0n) is 13.5. The minimum atomic E-state index is -0.449. The van der Waals surface area contributed by atoms with E-state index in [1.807, 2.05) is 30.3 Å². The quantitative estimate of drug-likeness (QED) is 0.633. The van der Waals surface area contributed by atoms with Crippen molar-refractivity contribution in [1.82, 2.24) is 0 Å². The van der Waals surface area contributed by atoms with E-state index in [0.29, 0.717) is 6.61 Å². The Morgan fingerprint density at radius 1 is 1.35 bits per heavy atom. The first-order valence-electron chi connectivity index (χ1n) is 8.30. The van der Waals surface area contributed by atoms with Gasteiger partial charge in [-0.05, 0) is 18.9 Å². The molecule has 23 heavy (non-hydrogen) atoms. The van der Waals surface area contributed by atoms with Gasteiger partial charge in [0.15, 0.2) is 0 Å². The SMILES string of the molecule is [B][C@@H]1OC2C(C(=O)OCc3ccccc3)CC3C1OC3(C)C2C. The minimum Gasteiger partial charge on any atom is -0.461 e. The van der Waals surface area contributed by atoms with E-state index in [1.165, 1.54) is 0 Å². The normalized spacial score (nSPS) is 44.3. The molecule has 0 spiro atoms. The Labute approximate surface area is 137 Å². The van der Waals surface area contributed by atoms with Gasteiger partial charge in [-0.3, -0.25) is 4.79 Å². The van der Waals surface area contributed by atoms with Crippen LogP contribution in [0.3, 0.4) is 0 Å². The summed E-state index contributed by atoms with van der Waals surface area (Å²) in [6, 6.07) is 9.27. The summed E-state index contributed by atoms with van der Waals surface area (Å²) in [4.78, 5) is 12.6. The molecule has 2 radical (unpaired) electrons. The van der Waals surface area contributed by atoms with Gasteiger partial charge in [0.1, 0.15) is 14.5 Å². The second kappa shape index (κ2) is 5.35. The van der Waals surface area contributed by atoms with E-state index in [-0.39, 0.29) is 41.5 Å². The Balaban J connectivity index is 1.48. The molecule has 4 heterocycles. The summed E-state index contributed by atoms with van der Waals surface area (Å²) >= 11 is 0. The highest BCUT2D eigenvalue weighted by molar-refractivity contribution is 6.11. The number of hydrogen-bond acceptors (Lipinski definition) is 4. The average molecular weight is 312 g/mol. The van der Waals surface area contributed by atoms with E-state index in [4.69, 9.17) is 22.1 Å². The maximum absolute atomic E-state index is 12.6. The third-order valence-corrected chi connectivity index (χ3v) is 5.99. The maximum Gasteiger partial charge on any atom is 0.311 e. The number of rotatable bonds is 3. The van der Waals surface area contributed by atoms with E-state index >= 15 is 0 Å². The van der Waals surface area contributed by atoms with Gasteiger partial charge in [0.05, 0.1) is 23.7 Å². The fourth-order valence-electron chi connectivity index (χ4n) is 4.45. The summed E-state index contributed by atoms with van der Waals surface area (Å²) in [6.07, 6.45) is 0.402. The van der Waals surface area contributed by atoms with Crippen molar-refractivity contribution in [3.8, 4) is 0 Å². The molecular formula is C18H21BO4. The topological polar surface area (TPSA) is 44.8 Å². The van der Waals surface area contributed by atoms with Crippen LogP contribution in [0.2, 0.25) is 0 Å². The monoisotopic (exact) mass is 312 g/mol. The van der Waals surface area contributed by atoms with Gasteiger partial charge < -0.3 is 14.2 Å². The summed E-state index contributed by atoms with van der Waals surface area (Å²) in [5, 5.41) is 0. The molecule has 0 N–H and O–H groups in total. The van der Waals surface area contributed by atoms with Gasteiger partial charge >= 0.3 is 5.97 Å². The number of carbonyl (C=O) groups excluding carboxylic acids is 1. The van der Waals surface area contributed by atoms with Crippen molar-refractivity contribution in [3.05, 3.63) is 35.9 Å². The zero-order valence-corrected chi connectivity index (χ0v) is 13.5. The molecule has 4 saturated heterocycles. The van der Waals surface area contributed by atoms with Crippen LogP contribution in [-0.2, 0) is 25.6 Å². The first kappa shape index (κ1) is 15.2. The van der Waals surface area contributed by atoms with Crippen molar-refractivity contribution >= 4 is 13.8 Å². The number of esters is 1. The first-order chi connectivity index (χ1) is 11.0. The Kier molecular flexibility index (Phi) is 3.54. The highest BCUT2D eigenvalue weighted by Crippen LogP contribution is 2.58. The van der Waals surface area contributed by atoms with Crippen molar-refractivity contribution in [2.45, 2.75) is 50.7 Å². The summed E-state index contributed by atoms with van der Waals surface area (Å²) in [7, 11) is 6.09. The summed E-state index contributed by atoms with van der Waals surface area (Å²) < 4.78 is 17.5. The van der Waals surface area contributed by atoms with Crippen LogP contribution in [0.1, 0.15) is 25.8 Å². The largest absolute Gasteiger partial charge is 0.461 e. The molecule has 1 aromatic rings. The van der Waals surface area contributed by atoms with Crippen molar-refractivity contribution in [3.63, 3.8) is 0 Å². The van der Waals surface area contributed by atoms with Crippen LogP contribution in [0.15, 0.2) is 30.3 Å². The van der Waals surface area contributed by atoms with E-state index in [0.717, 1.165) is 12.0 Å². The molecule has 6 unspecified atom stereocenters. The summed E-state index contributed by atoms with van der Waals surface area (Å²) in [6.45, 7) is 4.49. The molecule has 5 fully saturated rings. The minimum absolute atomic E-state index is 0.0978. The number of benzene rings is 1. The van der Waals surface area contributed by atoms with Crippen molar-refractivity contribution < 1.29 is 19.0 Å². The van der Waals surface area contributed by atoms with Crippen LogP contribution in [0, 0.1) is 17.8 Å². The number of carbonyl (C=O) groups is 1. The molecule has 1 aliphatic carbocycles. The third kappa shape index (κ3) is 2.24. The Morgan fingerprint density at radius 3 is 2.83 bits per heavy atom. The van der Waals surface area contributed by atoms with Gasteiger partial charge in [0.25, 0.3) is 0 Å². The van der Waals surface area contributed by atoms with Gasteiger partial charge in [-0.1, -0.05) is 37.3 Å². The fraction of sp³-hybridized carbons (Fsp3) is 0.611. The first-order valence-corrected chi connectivity index (χ1v) is 8.30. The highest BCUT2D eigenvalue weighted by atomic mass is 16.6. The third-order valence-electron chi connectivity index (χ3n) is 5.99. The predicted octanol–water partition coefficient (Wildman–Crippen LogP) is 2.05. The van der Waals surface area contributed by atoms with Gasteiger partial charge in [0, 0.05) is 17.8 Å². The van der Waals surface area contributed by atoms with Gasteiger partial charge in [-0.2, -0.15) is 0 Å². The fourth-order valence-corrected chi connectivity index (χ4v) is 4.45. The molecule has 4 aliphatic heterocycles. The van der Waals surface area contributed by atoms with Crippen molar-refractivity contribution in [2.24, 2.45) is 17.8 Å². The second-order valence-corrected chi connectivity index (χ2v) is 7.16. The lowest BCUT2D eigenvalue weighted by Crippen LogP contribution is -2.67. The second-order valence-electron chi connectivity index (χ2n) is 7.16. The predicted molar refractivity (Wildman–Crippen MR) is 84.7 cm³/mol. The Morgan fingerprint density at radius 2 is 2.09 bits per heavy atom. The van der Waals surface area contributed by atoms with Crippen LogP contribution in [-0.4, -0.2) is 37.6 Å². The van der Waals surface area contributed by atoms with Crippen LogP contribution < -0.4 is 0 Å². The number of hydrogen-bond donors (Lipinski definition) is 0. The molecule has 0 aromatic heterocycles. The average Bonchev–Trinajstić information content (AvgIpc) is 2.76. The molecule has 7 atom stereocenters. The van der Waals surface area contributed by atoms with Crippen LogP contribution in [0.4, 0.5) is 0 Å². The number of ether oxygens (including phenoxy) is 3. The summed E-state index contributed by atoms with van der Waals surface area (Å²) in [5.41, 5.74) is 0.767. The van der Waals surface area contributed by atoms with E-state index in [9.17, 15) is 4.79 Å². The van der Waals surface area contributed by atoms with Crippen LogP contribution in [0.25, 0.3) is 0 Å². The smallest absolute Gasteiger partial charge is 0.311 e. The molecule has 120 valence electrons. The lowest BCUT2D eigenvalue weighted by molar-refractivity contribution is -0.282. The lowest BCUT2D eigenvalue weighted by atomic mass is 9.59. The molecule has 5 heteroatoms. The number of fused-ring (bicyclic) bond motifs is 1. The van der Waals surface area contributed by atoms with Crippen LogP contribution in [0.5, 0.6) is 0 Å². The van der Waals surface area contributed by atoms with Crippen LogP contribution >= 0.6 is 0 Å². The molecule has 1 saturated carbocycles. The van der Waals surface area contributed by atoms with E-state index in [1.54, 1.807) is 0 Å². The summed E-state index contributed by atoms with van der Waals surface area (Å²) in [5.74, 6) is -0.0555. The molecule has 5 aliphatic rings. The standard InChI is InChI=1S/C18H21BO4/c1-10-14-12(17(20)21-9-11-6-4-3-5-7-11)8-13-15(16(19)22-14)23-18(10,13)2/h3-7,10,12-16H,8-9H2,1-2H3/t10?,12?,13?,14?,15?,16-,18?/m1/s1. The molecule has 1 aromatic carbocycles. The van der Waals surface area contributed by atoms with Gasteiger partial charge in [-0.25, -0.2) is 0 Å². The zero-order chi connectivity index (χ0) is 16.2. The molecule has 0 amide bonds. The Hall–Kier alpha value is -1.33. The van der Waals surface area contributed by atoms with Gasteiger partial charge in [0.2, 0.25) is 0 Å². The molecule has 4 nitrogen and oxygen atoms in total. The highest BCUT2D eigenvalue weighted by Gasteiger charge is 2.67. The molecular weight excluding hydrogens is 291 g/mol. The molecule has 4 bridgehead atoms. The maximum atomic E-state index is 12.6. The molecule has 6 rings (SSSR count). The Bertz CT molecular complexity index is 606.